The van der Waals surface area contributed by atoms with Crippen molar-refractivity contribution in [2.75, 3.05) is 34.2 Å². The first-order valence-corrected chi connectivity index (χ1v) is 8.40. The molecule has 0 N–H and O–H groups in total. The Labute approximate surface area is 150 Å². The van der Waals surface area contributed by atoms with E-state index in [4.69, 9.17) is 9.47 Å². The molecule has 1 rings (SSSR count). The SMILES string of the molecule is CC(C(=O)OC(C)(C)C)c1ccc(OC(=O)N(C)CCN(C)C)cc1. The average molecular weight is 350 g/mol. The smallest absolute Gasteiger partial charge is 0.415 e. The first kappa shape index (κ1) is 21.0. The van der Waals surface area contributed by atoms with E-state index in [1.807, 2.05) is 39.8 Å². The second kappa shape index (κ2) is 8.85. The minimum Gasteiger partial charge on any atom is -0.460 e. The molecular weight excluding hydrogens is 320 g/mol. The second-order valence-electron chi connectivity index (χ2n) is 7.42. The molecule has 0 aromatic heterocycles. The van der Waals surface area contributed by atoms with Gasteiger partial charge in [-0.2, -0.15) is 0 Å². The van der Waals surface area contributed by atoms with E-state index in [2.05, 4.69) is 0 Å². The minimum atomic E-state index is -0.516. The summed E-state index contributed by atoms with van der Waals surface area (Å²) in [6.07, 6.45) is -0.408. The number of rotatable bonds is 6. The van der Waals surface area contributed by atoms with E-state index in [0.717, 1.165) is 12.1 Å². The lowest BCUT2D eigenvalue weighted by Crippen LogP contribution is -2.35. The Hall–Kier alpha value is -2.08. The molecule has 1 aromatic carbocycles. The first-order valence-electron chi connectivity index (χ1n) is 8.40. The van der Waals surface area contributed by atoms with E-state index in [0.29, 0.717) is 12.3 Å². The summed E-state index contributed by atoms with van der Waals surface area (Å²) in [5, 5.41) is 0. The lowest BCUT2D eigenvalue weighted by atomic mass is 10.0. The van der Waals surface area contributed by atoms with Crippen LogP contribution in [-0.4, -0.2) is 61.7 Å². The van der Waals surface area contributed by atoms with Crippen LogP contribution in [0.2, 0.25) is 0 Å². The minimum absolute atomic E-state index is 0.277. The molecule has 0 aliphatic heterocycles. The second-order valence-corrected chi connectivity index (χ2v) is 7.42. The van der Waals surface area contributed by atoms with E-state index in [1.165, 1.54) is 4.90 Å². The van der Waals surface area contributed by atoms with Crippen molar-refractivity contribution >= 4 is 12.1 Å². The summed E-state index contributed by atoms with van der Waals surface area (Å²) in [4.78, 5) is 27.7. The van der Waals surface area contributed by atoms with Crippen LogP contribution in [0, 0.1) is 0 Å². The molecule has 0 fully saturated rings. The van der Waals surface area contributed by atoms with Gasteiger partial charge in [0.1, 0.15) is 11.4 Å². The van der Waals surface area contributed by atoms with Gasteiger partial charge in [-0.1, -0.05) is 12.1 Å². The van der Waals surface area contributed by atoms with Crippen molar-refractivity contribution in [1.29, 1.82) is 0 Å². The van der Waals surface area contributed by atoms with Gasteiger partial charge in [0.15, 0.2) is 0 Å². The van der Waals surface area contributed by atoms with Crippen molar-refractivity contribution in [2.45, 2.75) is 39.2 Å². The van der Waals surface area contributed by atoms with Crippen molar-refractivity contribution in [3.63, 3.8) is 0 Å². The van der Waals surface area contributed by atoms with Gasteiger partial charge in [0.05, 0.1) is 5.92 Å². The Morgan fingerprint density at radius 2 is 1.60 bits per heavy atom. The third-order valence-electron chi connectivity index (χ3n) is 3.54. The third-order valence-corrected chi connectivity index (χ3v) is 3.54. The number of amides is 1. The zero-order valence-corrected chi connectivity index (χ0v) is 16.3. The van der Waals surface area contributed by atoms with Crippen LogP contribution in [-0.2, 0) is 9.53 Å². The van der Waals surface area contributed by atoms with Crippen LogP contribution in [0.25, 0.3) is 0 Å². The normalized spacial score (nSPS) is 12.6. The van der Waals surface area contributed by atoms with Gasteiger partial charge in [-0.05, 0) is 59.5 Å². The van der Waals surface area contributed by atoms with Gasteiger partial charge in [0, 0.05) is 20.1 Å². The largest absolute Gasteiger partial charge is 0.460 e. The van der Waals surface area contributed by atoms with Crippen LogP contribution >= 0.6 is 0 Å². The van der Waals surface area contributed by atoms with Crippen LogP contribution in [0.1, 0.15) is 39.2 Å². The Balaban J connectivity index is 2.64. The number of benzene rings is 1. The van der Waals surface area contributed by atoms with Crippen LogP contribution in [0.4, 0.5) is 4.79 Å². The molecular formula is C19H30N2O4. The highest BCUT2D eigenvalue weighted by atomic mass is 16.6. The van der Waals surface area contributed by atoms with Crippen LogP contribution in [0.15, 0.2) is 24.3 Å². The molecule has 1 aromatic rings. The molecule has 140 valence electrons. The Morgan fingerprint density at radius 1 is 1.04 bits per heavy atom. The lowest BCUT2D eigenvalue weighted by Gasteiger charge is -2.22. The van der Waals surface area contributed by atoms with Gasteiger partial charge in [0.25, 0.3) is 0 Å². The molecule has 0 radical (unpaired) electrons. The average Bonchev–Trinajstić information content (AvgIpc) is 2.50. The van der Waals surface area contributed by atoms with Gasteiger partial charge >= 0.3 is 12.1 Å². The molecule has 0 spiro atoms. The molecule has 0 heterocycles. The Kier molecular flexibility index (Phi) is 7.42. The topological polar surface area (TPSA) is 59.1 Å². The zero-order valence-electron chi connectivity index (χ0n) is 16.3. The number of carbonyl (C=O) groups excluding carboxylic acids is 2. The molecule has 25 heavy (non-hydrogen) atoms. The van der Waals surface area contributed by atoms with Gasteiger partial charge in [-0.15, -0.1) is 0 Å². The zero-order chi connectivity index (χ0) is 19.2. The highest BCUT2D eigenvalue weighted by Crippen LogP contribution is 2.23. The first-order chi connectivity index (χ1) is 11.5. The maximum absolute atomic E-state index is 12.1. The fourth-order valence-electron chi connectivity index (χ4n) is 1.97. The number of hydrogen-bond donors (Lipinski definition) is 0. The summed E-state index contributed by atoms with van der Waals surface area (Å²) in [6.45, 7) is 8.66. The predicted molar refractivity (Wildman–Crippen MR) is 97.9 cm³/mol. The number of likely N-dealkylation sites (N-methyl/N-ethyl adjacent to an activating group) is 2. The standard InChI is InChI=1S/C19H30N2O4/c1-14(17(22)25-19(2,3)4)15-8-10-16(11-9-15)24-18(23)21(7)13-12-20(5)6/h8-11,14H,12-13H2,1-7H3. The maximum Gasteiger partial charge on any atom is 0.415 e. The van der Waals surface area contributed by atoms with Crippen LogP contribution < -0.4 is 4.74 Å². The fourth-order valence-corrected chi connectivity index (χ4v) is 1.97. The summed E-state index contributed by atoms with van der Waals surface area (Å²) in [7, 11) is 5.60. The van der Waals surface area contributed by atoms with Crippen molar-refractivity contribution in [1.82, 2.24) is 9.80 Å². The van der Waals surface area contributed by atoms with E-state index in [1.54, 1.807) is 38.2 Å². The van der Waals surface area contributed by atoms with Crippen molar-refractivity contribution < 1.29 is 19.1 Å². The number of esters is 1. The highest BCUT2D eigenvalue weighted by molar-refractivity contribution is 5.78. The number of nitrogens with zero attached hydrogens (tertiary/aromatic N) is 2. The molecule has 0 aliphatic rings. The van der Waals surface area contributed by atoms with Gasteiger partial charge in [0.2, 0.25) is 0 Å². The molecule has 0 saturated heterocycles. The van der Waals surface area contributed by atoms with Crippen molar-refractivity contribution in [3.05, 3.63) is 29.8 Å². The van der Waals surface area contributed by atoms with E-state index in [-0.39, 0.29) is 11.9 Å². The molecule has 1 atom stereocenters. The molecule has 1 amide bonds. The summed E-state index contributed by atoms with van der Waals surface area (Å²) >= 11 is 0. The van der Waals surface area contributed by atoms with Crippen LogP contribution in [0.5, 0.6) is 5.75 Å². The lowest BCUT2D eigenvalue weighted by molar-refractivity contribution is -0.156. The van der Waals surface area contributed by atoms with E-state index < -0.39 is 11.7 Å². The maximum atomic E-state index is 12.1. The fraction of sp³-hybridized carbons (Fsp3) is 0.579. The van der Waals surface area contributed by atoms with Gasteiger partial charge in [-0.25, -0.2) is 4.79 Å². The van der Waals surface area contributed by atoms with Gasteiger partial charge < -0.3 is 19.3 Å². The van der Waals surface area contributed by atoms with Crippen LogP contribution in [0.3, 0.4) is 0 Å². The van der Waals surface area contributed by atoms with Gasteiger partial charge in [-0.3, -0.25) is 4.79 Å². The van der Waals surface area contributed by atoms with E-state index >= 15 is 0 Å². The number of ether oxygens (including phenoxy) is 2. The summed E-state index contributed by atoms with van der Waals surface area (Å²) in [6, 6.07) is 6.93. The molecule has 1 unspecified atom stereocenters. The predicted octanol–water partition coefficient (Wildman–Crippen LogP) is 3.12. The molecule has 0 saturated carbocycles. The number of hydrogen-bond acceptors (Lipinski definition) is 5. The molecule has 6 heteroatoms. The highest BCUT2D eigenvalue weighted by Gasteiger charge is 2.23. The summed E-state index contributed by atoms with van der Waals surface area (Å²) < 4.78 is 10.7. The van der Waals surface area contributed by atoms with Crippen molar-refractivity contribution in [3.8, 4) is 5.75 Å². The number of carbonyl (C=O) groups is 2. The molecule has 0 aliphatic carbocycles. The summed E-state index contributed by atoms with van der Waals surface area (Å²) in [5.41, 5.74) is 0.299. The Bertz CT molecular complexity index is 576. The Morgan fingerprint density at radius 3 is 2.08 bits per heavy atom. The van der Waals surface area contributed by atoms with E-state index in [9.17, 15) is 9.59 Å². The quantitative estimate of drug-likeness (QED) is 0.738. The molecule has 6 nitrogen and oxygen atoms in total. The monoisotopic (exact) mass is 350 g/mol. The van der Waals surface area contributed by atoms with Crippen molar-refractivity contribution in [2.24, 2.45) is 0 Å². The third kappa shape index (κ3) is 7.56. The molecule has 0 bridgehead atoms. The summed E-state index contributed by atoms with van der Waals surface area (Å²) in [5.74, 6) is -0.214.